The van der Waals surface area contributed by atoms with Crippen LogP contribution in [-0.2, 0) is 4.79 Å². The maximum absolute atomic E-state index is 10.6. The average molecular weight is 206 g/mol. The second-order valence-electron chi connectivity index (χ2n) is 3.75. The number of methoxy groups -OCH3 is 2. The highest BCUT2D eigenvalue weighted by atomic mass is 16.5. The number of carbonyl (C=O) groups is 1. The SMILES string of the molecule is COc1ccc(OC)c([C@H]2C[C@@H]2C=O)c1. The van der Waals surface area contributed by atoms with E-state index < -0.39 is 0 Å². The van der Waals surface area contributed by atoms with Crippen molar-refractivity contribution in [1.29, 1.82) is 0 Å². The number of hydrogen-bond donors (Lipinski definition) is 0. The van der Waals surface area contributed by atoms with E-state index >= 15 is 0 Å². The van der Waals surface area contributed by atoms with Crippen molar-refractivity contribution in [2.45, 2.75) is 12.3 Å². The molecular weight excluding hydrogens is 192 g/mol. The number of hydrogen-bond acceptors (Lipinski definition) is 3. The summed E-state index contributed by atoms with van der Waals surface area (Å²) in [6.45, 7) is 0. The third-order valence-corrected chi connectivity index (χ3v) is 2.85. The smallest absolute Gasteiger partial charge is 0.123 e. The molecule has 1 aliphatic carbocycles. The van der Waals surface area contributed by atoms with Crippen LogP contribution in [0.25, 0.3) is 0 Å². The van der Waals surface area contributed by atoms with Gasteiger partial charge in [-0.1, -0.05) is 0 Å². The lowest BCUT2D eigenvalue weighted by Crippen LogP contribution is -1.93. The maximum Gasteiger partial charge on any atom is 0.123 e. The first kappa shape index (κ1) is 10.0. The second kappa shape index (κ2) is 3.93. The molecule has 2 atom stereocenters. The number of ether oxygens (including phenoxy) is 2. The van der Waals surface area contributed by atoms with Crippen LogP contribution < -0.4 is 9.47 Å². The van der Waals surface area contributed by atoms with Crippen LogP contribution in [0.15, 0.2) is 18.2 Å². The highest BCUT2D eigenvalue weighted by Crippen LogP contribution is 2.49. The van der Waals surface area contributed by atoms with Crippen LogP contribution in [0.2, 0.25) is 0 Å². The number of carbonyl (C=O) groups excluding carboxylic acids is 1. The van der Waals surface area contributed by atoms with Gasteiger partial charge >= 0.3 is 0 Å². The Morgan fingerprint density at radius 2 is 2.13 bits per heavy atom. The topological polar surface area (TPSA) is 35.5 Å². The van der Waals surface area contributed by atoms with E-state index in [1.165, 1.54) is 0 Å². The minimum absolute atomic E-state index is 0.158. The summed E-state index contributed by atoms with van der Waals surface area (Å²) in [5, 5.41) is 0. The molecular formula is C12H14O3. The van der Waals surface area contributed by atoms with Gasteiger partial charge in [0.15, 0.2) is 0 Å². The fourth-order valence-electron chi connectivity index (χ4n) is 1.85. The van der Waals surface area contributed by atoms with Gasteiger partial charge in [0, 0.05) is 11.5 Å². The first-order chi connectivity index (χ1) is 7.30. The van der Waals surface area contributed by atoms with E-state index in [0.717, 1.165) is 29.8 Å². The fraction of sp³-hybridized carbons (Fsp3) is 0.417. The van der Waals surface area contributed by atoms with Crippen molar-refractivity contribution < 1.29 is 14.3 Å². The summed E-state index contributed by atoms with van der Waals surface area (Å²) in [6, 6.07) is 5.70. The van der Waals surface area contributed by atoms with Gasteiger partial charge in [0.2, 0.25) is 0 Å². The molecule has 0 spiro atoms. The minimum atomic E-state index is 0.158. The van der Waals surface area contributed by atoms with Crippen LogP contribution in [0, 0.1) is 5.92 Å². The lowest BCUT2D eigenvalue weighted by Gasteiger charge is -2.09. The molecule has 0 heterocycles. The van der Waals surface area contributed by atoms with Crippen molar-refractivity contribution in [3.05, 3.63) is 23.8 Å². The normalized spacial score (nSPS) is 23.3. The van der Waals surface area contributed by atoms with Crippen LogP contribution in [0.4, 0.5) is 0 Å². The molecule has 0 N–H and O–H groups in total. The van der Waals surface area contributed by atoms with Crippen LogP contribution in [0.1, 0.15) is 17.9 Å². The summed E-state index contributed by atoms with van der Waals surface area (Å²) in [5.41, 5.74) is 1.08. The molecule has 0 aliphatic heterocycles. The van der Waals surface area contributed by atoms with Crippen LogP contribution in [0.5, 0.6) is 11.5 Å². The molecule has 1 aromatic rings. The van der Waals surface area contributed by atoms with Crippen molar-refractivity contribution >= 4 is 6.29 Å². The molecule has 0 amide bonds. The van der Waals surface area contributed by atoms with Crippen LogP contribution in [-0.4, -0.2) is 20.5 Å². The van der Waals surface area contributed by atoms with Crippen molar-refractivity contribution in [2.24, 2.45) is 5.92 Å². The van der Waals surface area contributed by atoms with Gasteiger partial charge in [-0.3, -0.25) is 0 Å². The van der Waals surface area contributed by atoms with Crippen molar-refractivity contribution in [3.8, 4) is 11.5 Å². The zero-order valence-corrected chi connectivity index (χ0v) is 8.90. The second-order valence-corrected chi connectivity index (χ2v) is 3.75. The van der Waals surface area contributed by atoms with E-state index in [2.05, 4.69) is 0 Å². The Hall–Kier alpha value is -1.51. The molecule has 0 aromatic heterocycles. The molecule has 1 saturated carbocycles. The number of benzene rings is 1. The van der Waals surface area contributed by atoms with Crippen LogP contribution in [0.3, 0.4) is 0 Å². The molecule has 3 nitrogen and oxygen atoms in total. The monoisotopic (exact) mass is 206 g/mol. The van der Waals surface area contributed by atoms with Gasteiger partial charge in [0.1, 0.15) is 17.8 Å². The summed E-state index contributed by atoms with van der Waals surface area (Å²) in [4.78, 5) is 10.6. The van der Waals surface area contributed by atoms with Gasteiger partial charge in [-0.25, -0.2) is 0 Å². The van der Waals surface area contributed by atoms with Gasteiger partial charge in [-0.05, 0) is 30.5 Å². The van der Waals surface area contributed by atoms with E-state index in [-0.39, 0.29) is 5.92 Å². The highest BCUT2D eigenvalue weighted by Gasteiger charge is 2.39. The molecule has 3 heteroatoms. The third-order valence-electron chi connectivity index (χ3n) is 2.85. The van der Waals surface area contributed by atoms with E-state index in [1.54, 1.807) is 14.2 Å². The van der Waals surface area contributed by atoms with Gasteiger partial charge in [-0.15, -0.1) is 0 Å². The summed E-state index contributed by atoms with van der Waals surface area (Å²) in [6.07, 6.45) is 1.94. The Bertz CT molecular complexity index is 373. The van der Waals surface area contributed by atoms with E-state index in [9.17, 15) is 4.79 Å². The molecule has 1 aliphatic rings. The molecule has 1 fully saturated rings. The van der Waals surface area contributed by atoms with E-state index in [4.69, 9.17) is 9.47 Å². The quantitative estimate of drug-likeness (QED) is 0.707. The predicted octanol–water partition coefficient (Wildman–Crippen LogP) is 2.01. The van der Waals surface area contributed by atoms with E-state index in [1.807, 2.05) is 18.2 Å². The van der Waals surface area contributed by atoms with Gasteiger partial charge in [-0.2, -0.15) is 0 Å². The summed E-state index contributed by atoms with van der Waals surface area (Å²) in [7, 11) is 3.28. The Kier molecular flexibility index (Phi) is 2.62. The Labute approximate surface area is 89.0 Å². The molecule has 0 radical (unpaired) electrons. The third kappa shape index (κ3) is 1.82. The zero-order valence-electron chi connectivity index (χ0n) is 8.90. The van der Waals surface area contributed by atoms with Crippen molar-refractivity contribution in [2.75, 3.05) is 14.2 Å². The highest BCUT2D eigenvalue weighted by molar-refractivity contribution is 5.63. The lowest BCUT2D eigenvalue weighted by atomic mass is 10.1. The Morgan fingerprint density at radius 1 is 1.33 bits per heavy atom. The minimum Gasteiger partial charge on any atom is -0.497 e. The number of aldehydes is 1. The lowest BCUT2D eigenvalue weighted by molar-refractivity contribution is -0.108. The van der Waals surface area contributed by atoms with Gasteiger partial charge in [0.25, 0.3) is 0 Å². The van der Waals surface area contributed by atoms with Gasteiger partial charge < -0.3 is 14.3 Å². The summed E-state index contributed by atoms with van der Waals surface area (Å²) < 4.78 is 10.4. The molecule has 2 rings (SSSR count). The number of rotatable bonds is 4. The van der Waals surface area contributed by atoms with E-state index in [0.29, 0.717) is 5.92 Å². The standard InChI is InChI=1S/C12H14O3/c1-14-9-3-4-12(15-2)11(6-9)10-5-8(10)7-13/h3-4,6-8,10H,5H2,1-2H3/t8-,10+/m1/s1. The van der Waals surface area contributed by atoms with Gasteiger partial charge in [0.05, 0.1) is 14.2 Å². The zero-order chi connectivity index (χ0) is 10.8. The first-order valence-corrected chi connectivity index (χ1v) is 4.97. The van der Waals surface area contributed by atoms with Crippen molar-refractivity contribution in [1.82, 2.24) is 0 Å². The maximum atomic E-state index is 10.6. The van der Waals surface area contributed by atoms with Crippen LogP contribution >= 0.6 is 0 Å². The Balaban J connectivity index is 2.30. The Morgan fingerprint density at radius 3 is 2.67 bits per heavy atom. The molecule has 0 bridgehead atoms. The average Bonchev–Trinajstić information content (AvgIpc) is 3.07. The largest absolute Gasteiger partial charge is 0.497 e. The first-order valence-electron chi connectivity index (χ1n) is 4.97. The predicted molar refractivity (Wildman–Crippen MR) is 56.5 cm³/mol. The van der Waals surface area contributed by atoms with Crippen molar-refractivity contribution in [3.63, 3.8) is 0 Å². The molecule has 1 aromatic carbocycles. The molecule has 15 heavy (non-hydrogen) atoms. The molecule has 0 unspecified atom stereocenters. The fourth-order valence-corrected chi connectivity index (χ4v) is 1.85. The molecule has 0 saturated heterocycles. The summed E-state index contributed by atoms with van der Waals surface area (Å²) >= 11 is 0. The molecule has 80 valence electrons. The summed E-state index contributed by atoms with van der Waals surface area (Å²) in [5.74, 6) is 2.12.